The maximum Gasteiger partial charge on any atom is 0.243 e. The van der Waals surface area contributed by atoms with Crippen LogP contribution in [0.2, 0.25) is 5.02 Å². The number of sulfonamides is 1. The molecule has 1 atom stereocenters. The van der Waals surface area contributed by atoms with Crippen molar-refractivity contribution < 1.29 is 13.2 Å². The minimum absolute atomic E-state index is 0. The number of morpholine rings is 1. The molecule has 9 heteroatoms. The molecule has 116 valence electrons. The Morgan fingerprint density at radius 2 is 2.24 bits per heavy atom. The maximum atomic E-state index is 12.5. The zero-order valence-electron chi connectivity index (χ0n) is 11.0. The Hall–Kier alpha value is -0.880. The van der Waals surface area contributed by atoms with Gasteiger partial charge < -0.3 is 10.5 Å². The predicted octanol–water partition coefficient (Wildman–Crippen LogP) is 0.982. The van der Waals surface area contributed by atoms with E-state index in [2.05, 4.69) is 0 Å². The van der Waals surface area contributed by atoms with Gasteiger partial charge in [-0.15, -0.1) is 12.4 Å². The maximum absolute atomic E-state index is 12.5. The number of nitriles is 1. The molecule has 1 aliphatic rings. The molecule has 0 spiro atoms. The molecule has 1 aliphatic heterocycles. The van der Waals surface area contributed by atoms with Gasteiger partial charge in [0.1, 0.15) is 6.07 Å². The molecule has 1 unspecified atom stereocenters. The summed E-state index contributed by atoms with van der Waals surface area (Å²) in [6.45, 7) is 1.07. The molecule has 6 nitrogen and oxygen atoms in total. The third-order valence-corrected chi connectivity index (χ3v) is 5.24. The summed E-state index contributed by atoms with van der Waals surface area (Å²) in [5.74, 6) is 0. The van der Waals surface area contributed by atoms with Gasteiger partial charge in [0.05, 0.1) is 28.2 Å². The Labute approximate surface area is 134 Å². The fraction of sp³-hybridized carbons (Fsp3) is 0.417. The van der Waals surface area contributed by atoms with Crippen LogP contribution in [0.4, 0.5) is 0 Å². The molecule has 0 amide bonds. The van der Waals surface area contributed by atoms with Gasteiger partial charge in [-0.3, -0.25) is 0 Å². The lowest BCUT2D eigenvalue weighted by Crippen LogP contribution is -2.48. The molecule has 1 aromatic carbocycles. The van der Waals surface area contributed by atoms with Crippen molar-refractivity contribution in [1.29, 1.82) is 5.26 Å². The van der Waals surface area contributed by atoms with Crippen LogP contribution >= 0.6 is 24.0 Å². The molecule has 2 rings (SSSR count). The fourth-order valence-corrected chi connectivity index (χ4v) is 3.72. The van der Waals surface area contributed by atoms with E-state index in [9.17, 15) is 8.42 Å². The first-order valence-corrected chi connectivity index (χ1v) is 7.82. The van der Waals surface area contributed by atoms with Crippen LogP contribution in [0.5, 0.6) is 0 Å². The zero-order chi connectivity index (χ0) is 14.8. The van der Waals surface area contributed by atoms with Gasteiger partial charge in [-0.05, 0) is 18.2 Å². The van der Waals surface area contributed by atoms with Crippen LogP contribution in [0.15, 0.2) is 23.1 Å². The molecule has 1 aromatic rings. The lowest BCUT2D eigenvalue weighted by Gasteiger charge is -2.31. The number of halogens is 2. The summed E-state index contributed by atoms with van der Waals surface area (Å²) in [7, 11) is -3.65. The first-order valence-electron chi connectivity index (χ1n) is 6.00. The van der Waals surface area contributed by atoms with E-state index >= 15 is 0 Å². The van der Waals surface area contributed by atoms with E-state index in [1.165, 1.54) is 22.5 Å². The standard InChI is InChI=1S/C12H14ClN3O3S.ClH/c13-12-5-11(2-1-9(12)6-14)20(17,18)16-3-4-19-10(7-15)8-16;/h1-2,5,10H,3-4,7-8,15H2;1H. The van der Waals surface area contributed by atoms with Gasteiger partial charge in [0.25, 0.3) is 0 Å². The molecule has 0 aliphatic carbocycles. The van der Waals surface area contributed by atoms with Crippen molar-refractivity contribution in [2.75, 3.05) is 26.2 Å². The second-order valence-corrected chi connectivity index (χ2v) is 6.69. The van der Waals surface area contributed by atoms with E-state index in [-0.39, 0.29) is 53.6 Å². The first kappa shape index (κ1) is 18.2. The van der Waals surface area contributed by atoms with Crippen LogP contribution in [0, 0.1) is 11.3 Å². The second kappa shape index (κ2) is 7.40. The molecule has 21 heavy (non-hydrogen) atoms. The van der Waals surface area contributed by atoms with Crippen LogP contribution < -0.4 is 5.73 Å². The topological polar surface area (TPSA) is 96.4 Å². The minimum Gasteiger partial charge on any atom is -0.374 e. The number of hydrogen-bond acceptors (Lipinski definition) is 5. The highest BCUT2D eigenvalue weighted by Crippen LogP contribution is 2.24. The third-order valence-electron chi connectivity index (χ3n) is 3.06. The average Bonchev–Trinajstić information content (AvgIpc) is 2.47. The molecule has 1 saturated heterocycles. The first-order chi connectivity index (χ1) is 9.48. The molecule has 0 bridgehead atoms. The van der Waals surface area contributed by atoms with Crippen LogP contribution in [-0.2, 0) is 14.8 Å². The average molecular weight is 352 g/mol. The molecule has 0 radical (unpaired) electrons. The van der Waals surface area contributed by atoms with E-state index in [4.69, 9.17) is 27.3 Å². The normalized spacial score (nSPS) is 19.6. The molecule has 0 saturated carbocycles. The highest BCUT2D eigenvalue weighted by Gasteiger charge is 2.30. The zero-order valence-corrected chi connectivity index (χ0v) is 13.4. The molecular weight excluding hydrogens is 337 g/mol. The van der Waals surface area contributed by atoms with Gasteiger partial charge in [-0.2, -0.15) is 9.57 Å². The van der Waals surface area contributed by atoms with Crippen molar-refractivity contribution in [3.05, 3.63) is 28.8 Å². The molecule has 0 aromatic heterocycles. The van der Waals surface area contributed by atoms with Crippen molar-refractivity contribution >= 4 is 34.0 Å². The van der Waals surface area contributed by atoms with Crippen molar-refractivity contribution in [2.45, 2.75) is 11.0 Å². The van der Waals surface area contributed by atoms with E-state index in [1.807, 2.05) is 6.07 Å². The van der Waals surface area contributed by atoms with Crippen LogP contribution in [0.25, 0.3) is 0 Å². The summed E-state index contributed by atoms with van der Waals surface area (Å²) in [5.41, 5.74) is 5.75. The van der Waals surface area contributed by atoms with Crippen LogP contribution in [-0.4, -0.2) is 45.1 Å². The van der Waals surface area contributed by atoms with E-state index in [1.54, 1.807) is 0 Å². The Balaban J connectivity index is 0.00000220. The largest absolute Gasteiger partial charge is 0.374 e. The van der Waals surface area contributed by atoms with Gasteiger partial charge in [-0.25, -0.2) is 8.42 Å². The monoisotopic (exact) mass is 351 g/mol. The van der Waals surface area contributed by atoms with Crippen LogP contribution in [0.3, 0.4) is 0 Å². The number of rotatable bonds is 3. The van der Waals surface area contributed by atoms with Crippen molar-refractivity contribution in [3.63, 3.8) is 0 Å². The van der Waals surface area contributed by atoms with E-state index < -0.39 is 10.0 Å². The number of benzene rings is 1. The van der Waals surface area contributed by atoms with E-state index in [0.717, 1.165) is 0 Å². The van der Waals surface area contributed by atoms with Crippen molar-refractivity contribution in [3.8, 4) is 6.07 Å². The predicted molar refractivity (Wildman–Crippen MR) is 81.0 cm³/mol. The summed E-state index contributed by atoms with van der Waals surface area (Å²) in [6, 6.07) is 5.97. The Kier molecular flexibility index (Phi) is 6.41. The van der Waals surface area contributed by atoms with Gasteiger partial charge in [0, 0.05) is 19.6 Å². The third kappa shape index (κ3) is 3.86. The Morgan fingerprint density at radius 3 is 2.81 bits per heavy atom. The number of hydrogen-bond donors (Lipinski definition) is 1. The van der Waals surface area contributed by atoms with Gasteiger partial charge in [0.2, 0.25) is 10.0 Å². The summed E-state index contributed by atoms with van der Waals surface area (Å²) < 4.78 is 31.7. The molecule has 2 N–H and O–H groups in total. The highest BCUT2D eigenvalue weighted by molar-refractivity contribution is 7.89. The Bertz CT molecular complexity index is 646. The second-order valence-electron chi connectivity index (χ2n) is 4.35. The number of nitrogens with two attached hydrogens (primary N) is 1. The van der Waals surface area contributed by atoms with Gasteiger partial charge >= 0.3 is 0 Å². The van der Waals surface area contributed by atoms with Crippen molar-refractivity contribution in [2.24, 2.45) is 5.73 Å². The lowest BCUT2D eigenvalue weighted by molar-refractivity contribution is 0.00450. The smallest absolute Gasteiger partial charge is 0.243 e. The molecular formula is C12H15Cl2N3O3S. The van der Waals surface area contributed by atoms with Gasteiger partial charge in [-0.1, -0.05) is 11.6 Å². The summed E-state index contributed by atoms with van der Waals surface area (Å²) in [5, 5.41) is 8.93. The summed E-state index contributed by atoms with van der Waals surface area (Å²) in [4.78, 5) is 0.0687. The van der Waals surface area contributed by atoms with E-state index in [0.29, 0.717) is 6.61 Å². The lowest BCUT2D eigenvalue weighted by atomic mass is 10.2. The number of nitrogens with zero attached hydrogens (tertiary/aromatic N) is 2. The van der Waals surface area contributed by atoms with Gasteiger partial charge in [0.15, 0.2) is 0 Å². The quantitative estimate of drug-likeness (QED) is 0.875. The van der Waals surface area contributed by atoms with Crippen molar-refractivity contribution in [1.82, 2.24) is 4.31 Å². The molecule has 1 heterocycles. The highest BCUT2D eigenvalue weighted by atomic mass is 35.5. The minimum atomic E-state index is -3.65. The molecule has 1 fully saturated rings. The van der Waals surface area contributed by atoms with Crippen LogP contribution in [0.1, 0.15) is 5.56 Å². The Morgan fingerprint density at radius 1 is 1.52 bits per heavy atom. The summed E-state index contributed by atoms with van der Waals surface area (Å²) in [6.07, 6.45) is -0.299. The SMILES string of the molecule is Cl.N#Cc1ccc(S(=O)(=O)N2CCOC(CN)C2)cc1Cl. The number of ether oxygens (including phenoxy) is 1. The fourth-order valence-electron chi connectivity index (χ4n) is 1.95. The summed E-state index contributed by atoms with van der Waals surface area (Å²) >= 11 is 5.88.